The van der Waals surface area contributed by atoms with Crippen LogP contribution in [-0.2, 0) is 10.3 Å². The Kier molecular flexibility index (Phi) is 4.12. The van der Waals surface area contributed by atoms with Crippen LogP contribution in [0.15, 0.2) is 24.3 Å². The van der Waals surface area contributed by atoms with Crippen molar-refractivity contribution >= 4 is 0 Å². The highest BCUT2D eigenvalue weighted by atomic mass is 16.6. The average Bonchev–Trinajstić information content (AvgIpc) is 2.19. The van der Waals surface area contributed by atoms with Crippen LogP contribution in [0, 0.1) is 0 Å². The summed E-state index contributed by atoms with van der Waals surface area (Å²) < 4.78 is 5.57. The lowest BCUT2D eigenvalue weighted by Gasteiger charge is -2.26. The van der Waals surface area contributed by atoms with Crippen molar-refractivity contribution in [2.75, 3.05) is 13.2 Å². The summed E-state index contributed by atoms with van der Waals surface area (Å²) in [7, 11) is 0. The zero-order valence-corrected chi connectivity index (χ0v) is 9.62. The molecular weight excluding hydrogens is 190 g/mol. The lowest BCUT2D eigenvalue weighted by atomic mass is 9.85. The maximum absolute atomic E-state index is 5.57. The van der Waals surface area contributed by atoms with Crippen LogP contribution in [-0.4, -0.2) is 13.2 Å². The van der Waals surface area contributed by atoms with Crippen LogP contribution in [0.1, 0.15) is 26.3 Å². The summed E-state index contributed by atoms with van der Waals surface area (Å²) in [6.07, 6.45) is 0. The molecule has 0 fully saturated rings. The molecule has 1 rings (SSSR count). The van der Waals surface area contributed by atoms with E-state index < -0.39 is 0 Å². The second-order valence-electron chi connectivity index (χ2n) is 4.12. The quantitative estimate of drug-likeness (QED) is 0.756. The minimum absolute atomic E-state index is 0.138. The second-order valence-corrected chi connectivity index (χ2v) is 4.12. The molecule has 0 aliphatic rings. The highest BCUT2D eigenvalue weighted by molar-refractivity contribution is 5.38. The van der Waals surface area contributed by atoms with Gasteiger partial charge in [0.05, 0.1) is 13.2 Å². The van der Waals surface area contributed by atoms with Gasteiger partial charge in [0.25, 0.3) is 0 Å². The van der Waals surface area contributed by atoms with E-state index in [2.05, 4.69) is 13.8 Å². The van der Waals surface area contributed by atoms with Crippen LogP contribution < -0.4 is 10.6 Å². The molecule has 1 aromatic rings. The summed E-state index contributed by atoms with van der Waals surface area (Å²) >= 11 is 0. The van der Waals surface area contributed by atoms with Crippen molar-refractivity contribution in [1.82, 2.24) is 0 Å². The van der Waals surface area contributed by atoms with Gasteiger partial charge in [-0.1, -0.05) is 32.0 Å². The molecule has 0 saturated heterocycles. The van der Waals surface area contributed by atoms with Gasteiger partial charge in [0.15, 0.2) is 0 Å². The molecule has 0 aliphatic heterocycles. The van der Waals surface area contributed by atoms with Gasteiger partial charge in [-0.05, 0) is 13.0 Å². The normalized spacial score (nSPS) is 11.5. The van der Waals surface area contributed by atoms with E-state index >= 15 is 0 Å². The lowest BCUT2D eigenvalue weighted by molar-refractivity contribution is 0.0951. The van der Waals surface area contributed by atoms with Crippen molar-refractivity contribution < 1.29 is 9.57 Å². The number of para-hydroxylation sites is 1. The molecule has 2 N–H and O–H groups in total. The van der Waals surface area contributed by atoms with Gasteiger partial charge in [0, 0.05) is 11.0 Å². The van der Waals surface area contributed by atoms with E-state index in [4.69, 9.17) is 15.5 Å². The van der Waals surface area contributed by atoms with E-state index in [1.807, 2.05) is 31.2 Å². The Morgan fingerprint density at radius 2 is 1.93 bits per heavy atom. The Balaban J connectivity index is 3.00. The van der Waals surface area contributed by atoms with Gasteiger partial charge >= 0.3 is 0 Å². The van der Waals surface area contributed by atoms with Crippen molar-refractivity contribution in [3.63, 3.8) is 0 Å². The molecule has 0 atom stereocenters. The van der Waals surface area contributed by atoms with E-state index in [9.17, 15) is 0 Å². The van der Waals surface area contributed by atoms with Crippen molar-refractivity contribution in [3.05, 3.63) is 29.8 Å². The van der Waals surface area contributed by atoms with Crippen molar-refractivity contribution in [2.24, 2.45) is 5.90 Å². The molecule has 3 heteroatoms. The molecule has 15 heavy (non-hydrogen) atoms. The maximum Gasteiger partial charge on any atom is 0.123 e. The Bertz CT molecular complexity index is 310. The molecule has 0 spiro atoms. The largest absolute Gasteiger partial charge is 0.494 e. The van der Waals surface area contributed by atoms with E-state index in [0.29, 0.717) is 13.2 Å². The molecule has 0 aromatic heterocycles. The van der Waals surface area contributed by atoms with Crippen molar-refractivity contribution in [1.29, 1.82) is 0 Å². The molecule has 0 aliphatic carbocycles. The molecular formula is C12H19NO2. The third-order valence-corrected chi connectivity index (χ3v) is 2.36. The van der Waals surface area contributed by atoms with E-state index in [-0.39, 0.29) is 5.41 Å². The monoisotopic (exact) mass is 209 g/mol. The predicted molar refractivity (Wildman–Crippen MR) is 60.8 cm³/mol. The molecule has 1 aromatic carbocycles. The topological polar surface area (TPSA) is 44.5 Å². The van der Waals surface area contributed by atoms with Crippen LogP contribution in [0.25, 0.3) is 0 Å². The Morgan fingerprint density at radius 3 is 2.53 bits per heavy atom. The van der Waals surface area contributed by atoms with Gasteiger partial charge < -0.3 is 9.57 Å². The number of ether oxygens (including phenoxy) is 1. The van der Waals surface area contributed by atoms with E-state index in [1.165, 1.54) is 0 Å². The maximum atomic E-state index is 5.57. The molecule has 0 bridgehead atoms. The van der Waals surface area contributed by atoms with Gasteiger partial charge in [-0.25, -0.2) is 5.90 Å². The third kappa shape index (κ3) is 2.94. The van der Waals surface area contributed by atoms with Gasteiger partial charge in [-0.3, -0.25) is 0 Å². The Hall–Kier alpha value is -1.06. The van der Waals surface area contributed by atoms with Crippen LogP contribution >= 0.6 is 0 Å². The number of hydrogen-bond donors (Lipinski definition) is 1. The number of hydrogen-bond acceptors (Lipinski definition) is 3. The third-order valence-electron chi connectivity index (χ3n) is 2.36. The van der Waals surface area contributed by atoms with Crippen molar-refractivity contribution in [3.8, 4) is 5.75 Å². The molecule has 0 saturated carbocycles. The second kappa shape index (κ2) is 5.14. The molecule has 84 valence electrons. The molecule has 0 heterocycles. The first kappa shape index (κ1) is 12.0. The minimum atomic E-state index is -0.138. The zero-order chi connectivity index (χ0) is 11.3. The highest BCUT2D eigenvalue weighted by Gasteiger charge is 2.24. The molecule has 0 radical (unpaired) electrons. The number of benzene rings is 1. The summed E-state index contributed by atoms with van der Waals surface area (Å²) in [6.45, 7) is 7.27. The first-order valence-electron chi connectivity index (χ1n) is 5.16. The van der Waals surface area contributed by atoms with E-state index in [0.717, 1.165) is 11.3 Å². The zero-order valence-electron chi connectivity index (χ0n) is 9.62. The van der Waals surface area contributed by atoms with Gasteiger partial charge in [-0.2, -0.15) is 0 Å². The predicted octanol–water partition coefficient (Wildman–Crippen LogP) is 2.25. The average molecular weight is 209 g/mol. The summed E-state index contributed by atoms with van der Waals surface area (Å²) in [4.78, 5) is 4.74. The minimum Gasteiger partial charge on any atom is -0.494 e. The fraction of sp³-hybridized carbons (Fsp3) is 0.500. The Labute approximate surface area is 91.1 Å². The summed E-state index contributed by atoms with van der Waals surface area (Å²) in [6, 6.07) is 7.98. The van der Waals surface area contributed by atoms with E-state index in [1.54, 1.807) is 0 Å². The van der Waals surface area contributed by atoms with Crippen LogP contribution in [0.3, 0.4) is 0 Å². The van der Waals surface area contributed by atoms with Crippen molar-refractivity contribution in [2.45, 2.75) is 26.2 Å². The van der Waals surface area contributed by atoms with Crippen LogP contribution in [0.4, 0.5) is 0 Å². The fourth-order valence-electron chi connectivity index (χ4n) is 1.59. The lowest BCUT2D eigenvalue weighted by Crippen LogP contribution is -2.26. The summed E-state index contributed by atoms with van der Waals surface area (Å²) in [5.41, 5.74) is 0.984. The fourth-order valence-corrected chi connectivity index (χ4v) is 1.59. The van der Waals surface area contributed by atoms with Crippen LogP contribution in [0.2, 0.25) is 0 Å². The number of nitrogens with two attached hydrogens (primary N) is 1. The number of rotatable bonds is 5. The first-order valence-corrected chi connectivity index (χ1v) is 5.16. The van der Waals surface area contributed by atoms with Crippen LogP contribution in [0.5, 0.6) is 5.75 Å². The first-order chi connectivity index (χ1) is 7.11. The molecule has 0 unspecified atom stereocenters. The molecule has 0 amide bonds. The van der Waals surface area contributed by atoms with Gasteiger partial charge in [0.1, 0.15) is 5.75 Å². The summed E-state index contributed by atoms with van der Waals surface area (Å²) in [5, 5.41) is 0. The highest BCUT2D eigenvalue weighted by Crippen LogP contribution is 2.31. The van der Waals surface area contributed by atoms with Gasteiger partial charge in [-0.15, -0.1) is 0 Å². The summed E-state index contributed by atoms with van der Waals surface area (Å²) in [5.74, 6) is 6.04. The molecule has 3 nitrogen and oxygen atoms in total. The smallest absolute Gasteiger partial charge is 0.123 e. The Morgan fingerprint density at radius 1 is 1.27 bits per heavy atom. The SMILES string of the molecule is CCOc1ccccc1C(C)(C)CON. The standard InChI is InChI=1S/C12H19NO2/c1-4-14-11-8-6-5-7-10(11)12(2,3)9-15-13/h5-8H,4,9,13H2,1-3H3. The van der Waals surface area contributed by atoms with Gasteiger partial charge in [0.2, 0.25) is 0 Å².